The van der Waals surface area contributed by atoms with Crippen molar-refractivity contribution >= 4 is 17.5 Å². The molecule has 0 unspecified atom stereocenters. The Kier molecular flexibility index (Phi) is 4.08. The minimum absolute atomic E-state index is 0.143. The van der Waals surface area contributed by atoms with Gasteiger partial charge in [0.2, 0.25) is 11.8 Å². The maximum Gasteiger partial charge on any atom is 0.248 e. The van der Waals surface area contributed by atoms with Crippen LogP contribution >= 0.6 is 0 Å². The van der Waals surface area contributed by atoms with Crippen LogP contribution in [0.25, 0.3) is 0 Å². The molecule has 0 aliphatic rings. The first-order valence-corrected chi connectivity index (χ1v) is 6.68. The number of nitrogens with two attached hydrogens (primary N) is 1. The molecule has 0 saturated heterocycles. The first-order valence-electron chi connectivity index (χ1n) is 6.68. The lowest BCUT2D eigenvalue weighted by molar-refractivity contribution is -0.120. The topological polar surface area (TPSA) is 72.2 Å². The van der Waals surface area contributed by atoms with Gasteiger partial charge in [0.1, 0.15) is 0 Å². The van der Waals surface area contributed by atoms with Crippen LogP contribution in [0.5, 0.6) is 0 Å². The first kappa shape index (κ1) is 14.8. The fraction of sp³-hybridized carbons (Fsp3) is 0.176. The Hall–Kier alpha value is -2.62. The zero-order valence-corrected chi connectivity index (χ0v) is 12.1. The van der Waals surface area contributed by atoms with Gasteiger partial charge >= 0.3 is 0 Å². The Balaban J connectivity index is 2.21. The molecular weight excluding hydrogens is 264 g/mol. The Morgan fingerprint density at radius 3 is 2.29 bits per heavy atom. The Bertz CT molecular complexity index is 664. The molecule has 0 saturated carbocycles. The minimum atomic E-state index is -0.677. The van der Waals surface area contributed by atoms with E-state index in [1.54, 1.807) is 24.3 Å². The number of primary amides is 1. The highest BCUT2D eigenvalue weighted by molar-refractivity contribution is 6.00. The van der Waals surface area contributed by atoms with E-state index in [1.807, 2.05) is 44.2 Å². The van der Waals surface area contributed by atoms with Crippen LogP contribution in [0.3, 0.4) is 0 Å². The molecule has 4 heteroatoms. The maximum atomic E-state index is 12.5. The summed E-state index contributed by atoms with van der Waals surface area (Å²) in [5.74, 6) is -0.663. The Morgan fingerprint density at radius 2 is 1.67 bits per heavy atom. The van der Waals surface area contributed by atoms with Gasteiger partial charge in [0.25, 0.3) is 0 Å². The van der Waals surface area contributed by atoms with Crippen LogP contribution in [-0.4, -0.2) is 11.8 Å². The second kappa shape index (κ2) is 5.79. The Labute approximate surface area is 124 Å². The van der Waals surface area contributed by atoms with Crippen molar-refractivity contribution in [2.75, 3.05) is 5.32 Å². The molecular formula is C17H18N2O2. The van der Waals surface area contributed by atoms with E-state index in [9.17, 15) is 9.59 Å². The van der Waals surface area contributed by atoms with Gasteiger partial charge in [-0.3, -0.25) is 9.59 Å². The second-order valence-electron chi connectivity index (χ2n) is 5.39. The van der Waals surface area contributed by atoms with Crippen LogP contribution in [0.4, 0.5) is 5.69 Å². The van der Waals surface area contributed by atoms with Crippen LogP contribution in [0.2, 0.25) is 0 Å². The molecule has 0 fully saturated rings. The van der Waals surface area contributed by atoms with Crippen molar-refractivity contribution in [3.8, 4) is 0 Å². The van der Waals surface area contributed by atoms with Gasteiger partial charge in [0.15, 0.2) is 0 Å². The fourth-order valence-corrected chi connectivity index (χ4v) is 2.02. The van der Waals surface area contributed by atoms with Gasteiger partial charge in [-0.2, -0.15) is 0 Å². The predicted octanol–water partition coefficient (Wildman–Crippen LogP) is 2.70. The SMILES string of the molecule is CC(C)(C(=O)Nc1cccc(C(N)=O)c1)c1ccccc1. The van der Waals surface area contributed by atoms with E-state index in [2.05, 4.69) is 5.32 Å². The van der Waals surface area contributed by atoms with Crippen LogP contribution in [0, 0.1) is 0 Å². The molecule has 2 rings (SSSR count). The monoisotopic (exact) mass is 282 g/mol. The lowest BCUT2D eigenvalue weighted by atomic mass is 9.83. The summed E-state index contributed by atoms with van der Waals surface area (Å²) in [5.41, 5.74) is 6.41. The third kappa shape index (κ3) is 3.28. The quantitative estimate of drug-likeness (QED) is 0.905. The third-order valence-electron chi connectivity index (χ3n) is 3.47. The van der Waals surface area contributed by atoms with Crippen molar-refractivity contribution in [3.05, 3.63) is 65.7 Å². The van der Waals surface area contributed by atoms with Crippen molar-refractivity contribution in [1.82, 2.24) is 0 Å². The number of nitrogens with one attached hydrogen (secondary N) is 1. The third-order valence-corrected chi connectivity index (χ3v) is 3.47. The molecule has 108 valence electrons. The van der Waals surface area contributed by atoms with Gasteiger partial charge in [-0.15, -0.1) is 0 Å². The average molecular weight is 282 g/mol. The Morgan fingerprint density at radius 1 is 1.00 bits per heavy atom. The summed E-state index contributed by atoms with van der Waals surface area (Å²) in [4.78, 5) is 23.7. The van der Waals surface area contributed by atoms with E-state index in [-0.39, 0.29) is 5.91 Å². The molecule has 2 amide bonds. The number of carbonyl (C=O) groups excluding carboxylic acids is 2. The van der Waals surface area contributed by atoms with Gasteiger partial charge in [0.05, 0.1) is 5.41 Å². The summed E-state index contributed by atoms with van der Waals surface area (Å²) in [6.45, 7) is 3.71. The molecule has 0 aromatic heterocycles. The number of amides is 2. The fourth-order valence-electron chi connectivity index (χ4n) is 2.02. The van der Waals surface area contributed by atoms with E-state index < -0.39 is 11.3 Å². The zero-order chi connectivity index (χ0) is 15.5. The van der Waals surface area contributed by atoms with Gasteiger partial charge in [-0.1, -0.05) is 36.4 Å². The molecule has 4 nitrogen and oxygen atoms in total. The molecule has 21 heavy (non-hydrogen) atoms. The summed E-state index contributed by atoms with van der Waals surface area (Å²) < 4.78 is 0. The van der Waals surface area contributed by atoms with E-state index in [0.717, 1.165) is 5.56 Å². The van der Waals surface area contributed by atoms with E-state index in [0.29, 0.717) is 11.3 Å². The van der Waals surface area contributed by atoms with Crippen molar-refractivity contribution in [3.63, 3.8) is 0 Å². The number of benzene rings is 2. The van der Waals surface area contributed by atoms with Crippen LogP contribution in [0.1, 0.15) is 29.8 Å². The molecule has 0 atom stereocenters. The molecule has 0 heterocycles. The molecule has 3 N–H and O–H groups in total. The number of anilines is 1. The lowest BCUT2D eigenvalue weighted by Crippen LogP contribution is -2.34. The maximum absolute atomic E-state index is 12.5. The largest absolute Gasteiger partial charge is 0.366 e. The highest BCUT2D eigenvalue weighted by Crippen LogP contribution is 2.25. The average Bonchev–Trinajstić information content (AvgIpc) is 2.48. The molecule has 0 bridgehead atoms. The van der Waals surface area contributed by atoms with E-state index in [4.69, 9.17) is 5.73 Å². The van der Waals surface area contributed by atoms with Crippen molar-refractivity contribution in [2.45, 2.75) is 19.3 Å². The standard InChI is InChI=1S/C17H18N2O2/c1-17(2,13-8-4-3-5-9-13)16(21)19-14-10-6-7-12(11-14)15(18)20/h3-11H,1-2H3,(H2,18,20)(H,19,21). The molecule has 0 aliphatic heterocycles. The highest BCUT2D eigenvalue weighted by Gasteiger charge is 2.29. The van der Waals surface area contributed by atoms with Gasteiger partial charge in [-0.25, -0.2) is 0 Å². The van der Waals surface area contributed by atoms with E-state index >= 15 is 0 Å². The van der Waals surface area contributed by atoms with E-state index in [1.165, 1.54) is 0 Å². The molecule has 2 aromatic carbocycles. The van der Waals surface area contributed by atoms with Gasteiger partial charge in [0, 0.05) is 11.3 Å². The van der Waals surface area contributed by atoms with Crippen molar-refractivity contribution in [2.24, 2.45) is 5.73 Å². The van der Waals surface area contributed by atoms with Crippen LogP contribution < -0.4 is 11.1 Å². The number of rotatable bonds is 4. The summed E-state index contributed by atoms with van der Waals surface area (Å²) in [6.07, 6.45) is 0. The van der Waals surface area contributed by atoms with Crippen molar-refractivity contribution < 1.29 is 9.59 Å². The summed E-state index contributed by atoms with van der Waals surface area (Å²) >= 11 is 0. The molecule has 0 spiro atoms. The summed E-state index contributed by atoms with van der Waals surface area (Å²) in [6, 6.07) is 16.1. The number of carbonyl (C=O) groups is 2. The molecule has 0 aliphatic carbocycles. The van der Waals surface area contributed by atoms with Gasteiger partial charge in [-0.05, 0) is 37.6 Å². The van der Waals surface area contributed by atoms with Gasteiger partial charge < -0.3 is 11.1 Å². The summed E-state index contributed by atoms with van der Waals surface area (Å²) in [5, 5.41) is 2.83. The predicted molar refractivity (Wildman–Crippen MR) is 83.1 cm³/mol. The molecule has 0 radical (unpaired) electrons. The second-order valence-corrected chi connectivity index (χ2v) is 5.39. The summed E-state index contributed by atoms with van der Waals surface area (Å²) in [7, 11) is 0. The van der Waals surface area contributed by atoms with Crippen LogP contribution in [-0.2, 0) is 10.2 Å². The lowest BCUT2D eigenvalue weighted by Gasteiger charge is -2.24. The smallest absolute Gasteiger partial charge is 0.248 e. The molecule has 2 aromatic rings. The first-order chi connectivity index (χ1) is 9.91. The highest BCUT2D eigenvalue weighted by atomic mass is 16.2. The van der Waals surface area contributed by atoms with Crippen LogP contribution in [0.15, 0.2) is 54.6 Å². The normalized spacial score (nSPS) is 11.0. The minimum Gasteiger partial charge on any atom is -0.366 e. The number of hydrogen-bond donors (Lipinski definition) is 2. The zero-order valence-electron chi connectivity index (χ0n) is 12.1. The van der Waals surface area contributed by atoms with Crippen molar-refractivity contribution in [1.29, 1.82) is 0 Å². The number of hydrogen-bond acceptors (Lipinski definition) is 2.